The Bertz CT molecular complexity index is 388. The zero-order chi connectivity index (χ0) is 14.5. The number of nitrogens with zero attached hydrogens (tertiary/aromatic N) is 1. The molecule has 0 bridgehead atoms. The van der Waals surface area contributed by atoms with Gasteiger partial charge < -0.3 is 19.7 Å². The third-order valence-electron chi connectivity index (χ3n) is 4.51. The molecule has 1 amide bonds. The SMILES string of the molecule is CC1(CNC2C3CN(C(=O)OC(C)(C)C)CC32)COC1. The minimum Gasteiger partial charge on any atom is -0.444 e. The molecule has 2 atom stereocenters. The molecule has 0 radical (unpaired) electrons. The van der Waals surface area contributed by atoms with Crippen LogP contribution in [0.1, 0.15) is 27.7 Å². The number of carbonyl (C=O) groups excluding carboxylic acids is 1. The van der Waals surface area contributed by atoms with Gasteiger partial charge in [0.15, 0.2) is 0 Å². The third kappa shape index (κ3) is 2.79. The van der Waals surface area contributed by atoms with Crippen molar-refractivity contribution in [3.8, 4) is 0 Å². The van der Waals surface area contributed by atoms with Crippen molar-refractivity contribution in [1.82, 2.24) is 10.2 Å². The van der Waals surface area contributed by atoms with Crippen molar-refractivity contribution in [3.05, 3.63) is 0 Å². The van der Waals surface area contributed by atoms with E-state index < -0.39 is 5.60 Å². The van der Waals surface area contributed by atoms with E-state index in [0.717, 1.165) is 32.8 Å². The Labute approximate surface area is 121 Å². The van der Waals surface area contributed by atoms with Crippen LogP contribution in [0.4, 0.5) is 4.79 Å². The first-order chi connectivity index (χ1) is 9.27. The van der Waals surface area contributed by atoms with Crippen LogP contribution >= 0.6 is 0 Å². The molecule has 1 saturated carbocycles. The number of rotatable bonds is 3. The van der Waals surface area contributed by atoms with Gasteiger partial charge in [-0.15, -0.1) is 0 Å². The predicted octanol–water partition coefficient (Wildman–Crippen LogP) is 1.48. The molecule has 2 aliphatic heterocycles. The third-order valence-corrected chi connectivity index (χ3v) is 4.51. The van der Waals surface area contributed by atoms with Gasteiger partial charge in [-0.3, -0.25) is 0 Å². The van der Waals surface area contributed by atoms with Gasteiger partial charge in [0.2, 0.25) is 0 Å². The van der Waals surface area contributed by atoms with Gasteiger partial charge in [0, 0.05) is 31.1 Å². The summed E-state index contributed by atoms with van der Waals surface area (Å²) in [7, 11) is 0. The Morgan fingerprint density at radius 2 is 1.95 bits per heavy atom. The molecule has 114 valence electrons. The van der Waals surface area contributed by atoms with Gasteiger partial charge in [0.1, 0.15) is 5.60 Å². The molecular weight excluding hydrogens is 256 g/mol. The average molecular weight is 282 g/mol. The van der Waals surface area contributed by atoms with Crippen LogP contribution < -0.4 is 5.32 Å². The maximum Gasteiger partial charge on any atom is 0.410 e. The highest BCUT2D eigenvalue weighted by Gasteiger charge is 2.57. The van der Waals surface area contributed by atoms with Crippen molar-refractivity contribution in [2.45, 2.75) is 39.3 Å². The Balaban J connectivity index is 1.40. The molecule has 1 N–H and O–H groups in total. The van der Waals surface area contributed by atoms with Gasteiger partial charge in [0.05, 0.1) is 13.2 Å². The Hall–Kier alpha value is -0.810. The highest BCUT2D eigenvalue weighted by Crippen LogP contribution is 2.46. The molecule has 1 aliphatic carbocycles. The van der Waals surface area contributed by atoms with E-state index in [0.29, 0.717) is 23.3 Å². The summed E-state index contributed by atoms with van der Waals surface area (Å²) < 4.78 is 10.7. The lowest BCUT2D eigenvalue weighted by Gasteiger charge is -2.38. The number of likely N-dealkylation sites (tertiary alicyclic amines) is 1. The van der Waals surface area contributed by atoms with Crippen molar-refractivity contribution in [2.24, 2.45) is 17.3 Å². The fraction of sp³-hybridized carbons (Fsp3) is 0.933. The van der Waals surface area contributed by atoms with Crippen LogP contribution in [0.15, 0.2) is 0 Å². The Morgan fingerprint density at radius 1 is 1.35 bits per heavy atom. The van der Waals surface area contributed by atoms with Crippen molar-refractivity contribution in [2.75, 3.05) is 32.8 Å². The zero-order valence-electron chi connectivity index (χ0n) is 12.9. The smallest absolute Gasteiger partial charge is 0.410 e. The monoisotopic (exact) mass is 282 g/mol. The molecule has 0 aromatic heterocycles. The summed E-state index contributed by atoms with van der Waals surface area (Å²) >= 11 is 0. The average Bonchev–Trinajstić information content (AvgIpc) is 2.74. The van der Waals surface area contributed by atoms with Crippen LogP contribution in [0.25, 0.3) is 0 Å². The van der Waals surface area contributed by atoms with E-state index in [1.54, 1.807) is 0 Å². The molecule has 20 heavy (non-hydrogen) atoms. The molecule has 0 aromatic carbocycles. The summed E-state index contributed by atoms with van der Waals surface area (Å²) in [6.07, 6.45) is -0.164. The van der Waals surface area contributed by atoms with E-state index >= 15 is 0 Å². The van der Waals surface area contributed by atoms with Gasteiger partial charge in [-0.25, -0.2) is 4.79 Å². The molecule has 3 fully saturated rings. The van der Waals surface area contributed by atoms with Crippen LogP contribution in [0.2, 0.25) is 0 Å². The van der Waals surface area contributed by atoms with E-state index in [9.17, 15) is 4.79 Å². The summed E-state index contributed by atoms with van der Waals surface area (Å²) in [5.74, 6) is 1.24. The molecular formula is C15H26N2O3. The highest BCUT2D eigenvalue weighted by molar-refractivity contribution is 5.69. The fourth-order valence-corrected chi connectivity index (χ4v) is 3.22. The molecule has 3 rings (SSSR count). The number of carbonyl (C=O) groups is 1. The van der Waals surface area contributed by atoms with Gasteiger partial charge >= 0.3 is 6.09 Å². The Morgan fingerprint density at radius 3 is 2.40 bits per heavy atom. The number of nitrogens with one attached hydrogen (secondary N) is 1. The zero-order valence-corrected chi connectivity index (χ0v) is 12.9. The first-order valence-corrected chi connectivity index (χ1v) is 7.57. The maximum absolute atomic E-state index is 12.0. The summed E-state index contributed by atoms with van der Waals surface area (Å²) in [5.41, 5.74) is -0.0813. The summed E-state index contributed by atoms with van der Waals surface area (Å²) in [6, 6.07) is 0.589. The second-order valence-corrected chi connectivity index (χ2v) is 7.92. The number of fused-ring (bicyclic) bond motifs is 1. The normalized spacial score (nSPS) is 34.4. The molecule has 5 nitrogen and oxygen atoms in total. The number of ether oxygens (including phenoxy) is 2. The number of amides is 1. The van der Waals surface area contributed by atoms with Crippen molar-refractivity contribution < 1.29 is 14.3 Å². The van der Waals surface area contributed by atoms with Gasteiger partial charge in [0.25, 0.3) is 0 Å². The maximum atomic E-state index is 12.0. The second-order valence-electron chi connectivity index (χ2n) is 7.92. The van der Waals surface area contributed by atoms with Crippen molar-refractivity contribution >= 4 is 6.09 Å². The standard InChI is InChI=1S/C15H26N2O3/c1-14(2,3)20-13(18)17-5-10-11(6-17)12(10)16-7-15(4)8-19-9-15/h10-12,16H,5-9H2,1-4H3. The van der Waals surface area contributed by atoms with Crippen molar-refractivity contribution in [1.29, 1.82) is 0 Å². The highest BCUT2D eigenvalue weighted by atomic mass is 16.6. The van der Waals surface area contributed by atoms with E-state index in [4.69, 9.17) is 9.47 Å². The van der Waals surface area contributed by atoms with Gasteiger partial charge in [-0.2, -0.15) is 0 Å². The fourth-order valence-electron chi connectivity index (χ4n) is 3.22. The number of hydrogen-bond acceptors (Lipinski definition) is 4. The quantitative estimate of drug-likeness (QED) is 0.852. The molecule has 0 spiro atoms. The van der Waals surface area contributed by atoms with E-state index in [2.05, 4.69) is 12.2 Å². The van der Waals surface area contributed by atoms with Crippen LogP contribution in [-0.4, -0.2) is 55.5 Å². The minimum absolute atomic E-state index is 0.164. The van der Waals surface area contributed by atoms with E-state index in [1.807, 2.05) is 25.7 Å². The van der Waals surface area contributed by atoms with Crippen LogP contribution in [0.3, 0.4) is 0 Å². The van der Waals surface area contributed by atoms with Crippen molar-refractivity contribution in [3.63, 3.8) is 0 Å². The Kier molecular flexibility index (Phi) is 3.25. The second kappa shape index (κ2) is 4.60. The van der Waals surface area contributed by atoms with Crippen LogP contribution in [-0.2, 0) is 9.47 Å². The lowest BCUT2D eigenvalue weighted by atomic mass is 9.89. The van der Waals surface area contributed by atoms with Gasteiger partial charge in [-0.05, 0) is 32.6 Å². The molecule has 2 saturated heterocycles. The number of hydrogen-bond donors (Lipinski definition) is 1. The molecule has 2 heterocycles. The first kappa shape index (κ1) is 14.1. The van der Waals surface area contributed by atoms with E-state index in [1.165, 1.54) is 0 Å². The van der Waals surface area contributed by atoms with E-state index in [-0.39, 0.29) is 6.09 Å². The van der Waals surface area contributed by atoms with Gasteiger partial charge in [-0.1, -0.05) is 6.92 Å². The largest absolute Gasteiger partial charge is 0.444 e. The summed E-state index contributed by atoms with van der Waals surface area (Å²) in [6.45, 7) is 12.4. The molecule has 5 heteroatoms. The molecule has 2 unspecified atom stereocenters. The molecule has 0 aromatic rings. The van der Waals surface area contributed by atoms with Crippen LogP contribution in [0, 0.1) is 17.3 Å². The lowest BCUT2D eigenvalue weighted by molar-refractivity contribution is -0.0994. The lowest BCUT2D eigenvalue weighted by Crippen LogP contribution is -2.49. The van der Waals surface area contributed by atoms with Crippen LogP contribution in [0.5, 0.6) is 0 Å². The first-order valence-electron chi connectivity index (χ1n) is 7.57. The topological polar surface area (TPSA) is 50.8 Å². The summed E-state index contributed by atoms with van der Waals surface area (Å²) in [5, 5.41) is 3.65. The number of piperidine rings is 1. The minimum atomic E-state index is -0.402. The molecule has 3 aliphatic rings. The predicted molar refractivity (Wildman–Crippen MR) is 75.5 cm³/mol. The summed E-state index contributed by atoms with van der Waals surface area (Å²) in [4.78, 5) is 13.8.